The smallest absolute Gasteiger partial charge is 0.269 e. The van der Waals surface area contributed by atoms with E-state index in [0.29, 0.717) is 5.57 Å². The highest BCUT2D eigenvalue weighted by Crippen LogP contribution is 2.51. The average Bonchev–Trinajstić information content (AvgIpc) is 2.80. The number of fused-ring (bicyclic) bond motifs is 2. The van der Waals surface area contributed by atoms with Crippen LogP contribution in [0.2, 0.25) is 0 Å². The molecule has 8 heteroatoms. The van der Waals surface area contributed by atoms with E-state index in [4.69, 9.17) is 0 Å². The molecule has 0 aromatic heterocycles. The van der Waals surface area contributed by atoms with Crippen LogP contribution in [0.5, 0.6) is 0 Å². The van der Waals surface area contributed by atoms with E-state index in [-0.39, 0.29) is 5.70 Å². The molecule has 1 amide bonds. The Hall–Kier alpha value is -1.80. The van der Waals surface area contributed by atoms with Crippen molar-refractivity contribution < 1.29 is 13.2 Å². The number of hydrazine groups is 1. The molecule has 3 rings (SSSR count). The van der Waals surface area contributed by atoms with Gasteiger partial charge in [-0.2, -0.15) is 0 Å². The monoisotopic (exact) mass is 308 g/mol. The number of carbonyl (C=O) groups excluding carboxylic acids is 1. The molecular weight excluding hydrogens is 292 g/mol. The minimum absolute atomic E-state index is 0.162. The number of rotatable bonds is 3. The summed E-state index contributed by atoms with van der Waals surface area (Å²) in [5, 5.41) is 7.89. The van der Waals surface area contributed by atoms with E-state index in [9.17, 15) is 13.2 Å². The van der Waals surface area contributed by atoms with Crippen LogP contribution in [0.3, 0.4) is 0 Å². The summed E-state index contributed by atoms with van der Waals surface area (Å²) in [5.41, 5.74) is 5.56. The van der Waals surface area contributed by atoms with Gasteiger partial charge in [-0.3, -0.25) is 10.2 Å². The van der Waals surface area contributed by atoms with Gasteiger partial charge in [-0.15, -0.1) is 14.6 Å². The van der Waals surface area contributed by atoms with Crippen molar-refractivity contribution in [1.29, 1.82) is 0 Å². The molecule has 2 aliphatic carbocycles. The highest BCUT2D eigenvalue weighted by atomic mass is 32.2. The lowest BCUT2D eigenvalue weighted by molar-refractivity contribution is -0.121. The second kappa shape index (κ2) is 4.11. The molecule has 1 aliphatic heterocycles. The zero-order valence-electron chi connectivity index (χ0n) is 12.3. The number of azo groups is 1. The minimum Gasteiger partial charge on any atom is -0.269 e. The molecule has 0 saturated heterocycles. The van der Waals surface area contributed by atoms with Crippen LogP contribution in [0.1, 0.15) is 27.2 Å². The van der Waals surface area contributed by atoms with E-state index in [1.54, 1.807) is 20.8 Å². The van der Waals surface area contributed by atoms with Crippen molar-refractivity contribution >= 4 is 15.9 Å². The molecule has 112 valence electrons. The lowest BCUT2D eigenvalue weighted by atomic mass is 10.1. The summed E-state index contributed by atoms with van der Waals surface area (Å²) in [5.74, 6) is -0.567. The summed E-state index contributed by atoms with van der Waals surface area (Å²) >= 11 is 0. The lowest BCUT2D eigenvalue weighted by Crippen LogP contribution is -2.55. The summed E-state index contributed by atoms with van der Waals surface area (Å²) in [7, 11) is -3.59. The van der Waals surface area contributed by atoms with Crippen LogP contribution >= 0.6 is 0 Å². The van der Waals surface area contributed by atoms with Gasteiger partial charge in [0, 0.05) is 17.5 Å². The molecule has 0 bridgehead atoms. The van der Waals surface area contributed by atoms with E-state index in [2.05, 4.69) is 15.7 Å². The van der Waals surface area contributed by atoms with Gasteiger partial charge >= 0.3 is 0 Å². The van der Waals surface area contributed by atoms with Crippen LogP contribution in [0.25, 0.3) is 0 Å². The van der Waals surface area contributed by atoms with Crippen molar-refractivity contribution in [2.24, 2.45) is 10.2 Å². The molecule has 1 saturated carbocycles. The SMILES string of the molecule is CC(C)(C)N(NC(=O)C1=C2C=C3CC3=C2N=N1)S(C)(=O)=O. The number of nitrogens with zero attached hydrogens (tertiary/aromatic N) is 3. The number of hydrogen-bond donors (Lipinski definition) is 1. The van der Waals surface area contributed by atoms with Crippen molar-refractivity contribution in [3.8, 4) is 0 Å². The molecule has 0 aromatic rings. The van der Waals surface area contributed by atoms with Gasteiger partial charge in [-0.05, 0) is 38.0 Å². The van der Waals surface area contributed by atoms with Crippen LogP contribution in [0.15, 0.2) is 44.4 Å². The van der Waals surface area contributed by atoms with Gasteiger partial charge in [0.15, 0.2) is 5.70 Å². The van der Waals surface area contributed by atoms with Crippen LogP contribution in [0, 0.1) is 0 Å². The number of nitrogens with one attached hydrogen (secondary N) is 1. The Labute approximate surface area is 123 Å². The normalized spacial score (nSPS) is 20.0. The summed E-state index contributed by atoms with van der Waals surface area (Å²) in [6, 6.07) is 0. The third kappa shape index (κ3) is 2.34. The topological polar surface area (TPSA) is 91.2 Å². The summed E-state index contributed by atoms with van der Waals surface area (Å²) in [6.07, 6.45) is 3.85. The second-order valence-corrected chi connectivity index (χ2v) is 8.11. The fourth-order valence-corrected chi connectivity index (χ4v) is 3.68. The number of sulfonamides is 1. The number of hydrogen-bond acceptors (Lipinski definition) is 5. The van der Waals surface area contributed by atoms with E-state index in [1.807, 2.05) is 6.08 Å². The zero-order valence-corrected chi connectivity index (χ0v) is 13.1. The van der Waals surface area contributed by atoms with E-state index < -0.39 is 21.5 Å². The number of carbonyl (C=O) groups is 1. The van der Waals surface area contributed by atoms with E-state index >= 15 is 0 Å². The first kappa shape index (κ1) is 14.2. The average molecular weight is 308 g/mol. The maximum Gasteiger partial charge on any atom is 0.287 e. The third-order valence-corrected chi connectivity index (χ3v) is 4.66. The Morgan fingerprint density at radius 1 is 1.33 bits per heavy atom. The maximum absolute atomic E-state index is 12.3. The van der Waals surface area contributed by atoms with Crippen LogP contribution in [0.4, 0.5) is 0 Å². The van der Waals surface area contributed by atoms with Crippen molar-refractivity contribution in [2.45, 2.75) is 32.7 Å². The molecule has 1 fully saturated rings. The summed E-state index contributed by atoms with van der Waals surface area (Å²) in [4.78, 5) is 12.3. The van der Waals surface area contributed by atoms with Crippen LogP contribution in [-0.4, -0.2) is 30.5 Å². The first-order valence-electron chi connectivity index (χ1n) is 6.51. The van der Waals surface area contributed by atoms with Gasteiger partial charge in [-0.1, -0.05) is 0 Å². The van der Waals surface area contributed by atoms with E-state index in [1.165, 1.54) is 5.57 Å². The molecule has 3 aliphatic rings. The molecule has 0 spiro atoms. The number of amides is 1. The summed E-state index contributed by atoms with van der Waals surface area (Å²) in [6.45, 7) is 5.09. The zero-order chi connectivity index (χ0) is 15.6. The Balaban J connectivity index is 1.88. The van der Waals surface area contributed by atoms with Crippen LogP contribution in [-0.2, 0) is 14.8 Å². The molecule has 1 heterocycles. The molecule has 0 radical (unpaired) electrons. The van der Waals surface area contributed by atoms with Gasteiger partial charge in [0.25, 0.3) is 5.91 Å². The van der Waals surface area contributed by atoms with Crippen molar-refractivity contribution in [3.05, 3.63) is 34.2 Å². The standard InChI is InChI=1S/C13H16N4O3S/c1-13(2,3)17(21(4,19)20)16-12(18)11-9-6-7-5-8(7)10(9)14-15-11/h6H,5H2,1-4H3,(H,16,18). The van der Waals surface area contributed by atoms with Gasteiger partial charge in [0.1, 0.15) is 0 Å². The molecular formula is C13H16N4O3S. The largest absolute Gasteiger partial charge is 0.287 e. The van der Waals surface area contributed by atoms with E-state index in [0.717, 1.165) is 28.4 Å². The van der Waals surface area contributed by atoms with Gasteiger partial charge < -0.3 is 0 Å². The predicted octanol–water partition coefficient (Wildman–Crippen LogP) is 1.40. The van der Waals surface area contributed by atoms with Gasteiger partial charge in [0.05, 0.1) is 12.0 Å². The predicted molar refractivity (Wildman–Crippen MR) is 76.2 cm³/mol. The molecule has 0 atom stereocenters. The molecule has 7 nitrogen and oxygen atoms in total. The Morgan fingerprint density at radius 2 is 2.00 bits per heavy atom. The molecule has 0 unspecified atom stereocenters. The Kier molecular flexibility index (Phi) is 2.77. The maximum atomic E-state index is 12.3. The second-order valence-electron chi connectivity index (χ2n) is 6.27. The molecule has 21 heavy (non-hydrogen) atoms. The van der Waals surface area contributed by atoms with Crippen molar-refractivity contribution in [3.63, 3.8) is 0 Å². The van der Waals surface area contributed by atoms with Crippen molar-refractivity contribution in [2.75, 3.05) is 6.26 Å². The third-order valence-electron chi connectivity index (χ3n) is 3.35. The highest BCUT2D eigenvalue weighted by molar-refractivity contribution is 7.88. The first-order valence-corrected chi connectivity index (χ1v) is 8.36. The number of allylic oxidation sites excluding steroid dienone is 3. The Bertz CT molecular complexity index is 779. The van der Waals surface area contributed by atoms with Crippen LogP contribution < -0.4 is 5.43 Å². The quantitative estimate of drug-likeness (QED) is 0.799. The minimum atomic E-state index is -3.59. The van der Waals surface area contributed by atoms with Crippen molar-refractivity contribution in [1.82, 2.24) is 9.84 Å². The lowest BCUT2D eigenvalue weighted by Gasteiger charge is -2.32. The summed E-state index contributed by atoms with van der Waals surface area (Å²) < 4.78 is 24.6. The fourth-order valence-electron chi connectivity index (χ4n) is 2.43. The van der Waals surface area contributed by atoms with Gasteiger partial charge in [-0.25, -0.2) is 8.42 Å². The fraction of sp³-hybridized carbons (Fsp3) is 0.462. The highest BCUT2D eigenvalue weighted by Gasteiger charge is 2.39. The molecule has 0 aromatic carbocycles. The molecule has 1 N–H and O–H groups in total. The first-order chi connectivity index (χ1) is 9.59. The Morgan fingerprint density at radius 3 is 2.57 bits per heavy atom. The van der Waals surface area contributed by atoms with Gasteiger partial charge in [0.2, 0.25) is 10.0 Å².